The van der Waals surface area contributed by atoms with Crippen molar-refractivity contribution in [2.75, 3.05) is 0 Å². The molecule has 3 nitrogen and oxygen atoms in total. The molecule has 2 saturated carbocycles. The van der Waals surface area contributed by atoms with E-state index in [0.29, 0.717) is 24.4 Å². The van der Waals surface area contributed by atoms with E-state index in [-0.39, 0.29) is 0 Å². The predicted octanol–water partition coefficient (Wildman–Crippen LogP) is 7.22. The lowest BCUT2D eigenvalue weighted by Gasteiger charge is -2.27. The summed E-state index contributed by atoms with van der Waals surface area (Å²) in [4.78, 5) is 0. The van der Waals surface area contributed by atoms with Crippen molar-refractivity contribution in [1.29, 1.82) is 0 Å². The third kappa shape index (κ3) is 6.26. The molecule has 2 aliphatic heterocycles. The fourth-order valence-electron chi connectivity index (χ4n) is 7.00. The highest BCUT2D eigenvalue weighted by atomic mass is 28.3. The van der Waals surface area contributed by atoms with E-state index in [9.17, 15) is 0 Å². The number of ether oxygens (including phenoxy) is 3. The van der Waals surface area contributed by atoms with Gasteiger partial charge in [0.15, 0.2) is 0 Å². The van der Waals surface area contributed by atoms with Crippen LogP contribution in [0.3, 0.4) is 0 Å². The van der Waals surface area contributed by atoms with Crippen LogP contribution in [0.5, 0.6) is 11.5 Å². The van der Waals surface area contributed by atoms with Gasteiger partial charge in [0.2, 0.25) is 0 Å². The Hall–Kier alpha value is -1.41. The van der Waals surface area contributed by atoms with Gasteiger partial charge in [-0.1, -0.05) is 85.8 Å². The first-order valence-corrected chi connectivity index (χ1v) is 21.4. The van der Waals surface area contributed by atoms with Gasteiger partial charge in [-0.2, -0.15) is 0 Å². The summed E-state index contributed by atoms with van der Waals surface area (Å²) in [6.07, 6.45) is 13.1. The van der Waals surface area contributed by atoms with Crippen LogP contribution in [-0.4, -0.2) is 40.6 Å². The van der Waals surface area contributed by atoms with Crippen molar-refractivity contribution in [3.05, 3.63) is 48.5 Å². The molecule has 4 aliphatic rings. The van der Waals surface area contributed by atoms with Crippen LogP contribution in [0.25, 0.3) is 0 Å². The van der Waals surface area contributed by atoms with Crippen LogP contribution in [-0.2, 0) is 9.47 Å². The van der Waals surface area contributed by atoms with Gasteiger partial charge in [0.1, 0.15) is 11.5 Å². The lowest BCUT2D eigenvalue weighted by molar-refractivity contribution is 0.357. The highest BCUT2D eigenvalue weighted by molar-refractivity contribution is 6.90. The first-order valence-electron chi connectivity index (χ1n) is 15.0. The Labute approximate surface area is 226 Å². The first kappa shape index (κ1) is 25.8. The molecule has 0 bridgehead atoms. The Bertz CT molecular complexity index is 979. The molecule has 6 rings (SSSR count). The summed E-state index contributed by atoms with van der Waals surface area (Å²) in [6.45, 7) is 10.1. The molecule has 2 saturated heterocycles. The van der Waals surface area contributed by atoms with Gasteiger partial charge in [0, 0.05) is 0 Å². The topological polar surface area (TPSA) is 34.3 Å². The molecule has 0 amide bonds. The molecule has 0 radical (unpaired) electrons. The standard InChI is InChI=1S/C32H46O3Si2/c1-36(2,19-17-23-5-15-29-31(21-23)34-29)27-11-7-25(8-12-27)33-26-9-13-28(14-10-26)37(3,4)20-18-24-6-16-30-32(22-24)35-30/h7-14,23-24,29-32H,5-6,15-22H2,1-4H3. The van der Waals surface area contributed by atoms with E-state index >= 15 is 0 Å². The number of hydrogen-bond donors (Lipinski definition) is 0. The zero-order valence-corrected chi connectivity index (χ0v) is 25.4. The molecule has 6 atom stereocenters. The number of rotatable bonds is 10. The molecule has 6 unspecified atom stereocenters. The molecule has 0 aromatic heterocycles. The van der Waals surface area contributed by atoms with E-state index in [0.717, 1.165) is 23.3 Å². The first-order chi connectivity index (χ1) is 17.7. The zero-order chi connectivity index (χ0) is 25.6. The van der Waals surface area contributed by atoms with E-state index < -0.39 is 16.1 Å². The Kier molecular flexibility index (Phi) is 7.19. The number of epoxide rings is 2. The van der Waals surface area contributed by atoms with Crippen molar-refractivity contribution in [3.63, 3.8) is 0 Å². The van der Waals surface area contributed by atoms with Gasteiger partial charge < -0.3 is 14.2 Å². The molecule has 2 aliphatic carbocycles. The summed E-state index contributed by atoms with van der Waals surface area (Å²) >= 11 is 0. The Morgan fingerprint density at radius 1 is 0.595 bits per heavy atom. The van der Waals surface area contributed by atoms with Crippen molar-refractivity contribution in [3.8, 4) is 11.5 Å². The van der Waals surface area contributed by atoms with Crippen LogP contribution in [0.4, 0.5) is 0 Å². The molecular weight excluding hydrogens is 489 g/mol. The van der Waals surface area contributed by atoms with Gasteiger partial charge in [0.05, 0.1) is 40.6 Å². The molecule has 200 valence electrons. The van der Waals surface area contributed by atoms with E-state index in [4.69, 9.17) is 14.2 Å². The van der Waals surface area contributed by atoms with Crippen molar-refractivity contribution < 1.29 is 14.2 Å². The molecule has 2 heterocycles. The van der Waals surface area contributed by atoms with Gasteiger partial charge in [-0.15, -0.1) is 0 Å². The van der Waals surface area contributed by atoms with Crippen LogP contribution in [0.15, 0.2) is 48.5 Å². The SMILES string of the molecule is C[Si](C)(CCC1CCC2OC2C1)c1ccc(Oc2ccc([Si](C)(C)CCC3CCC4OC4C3)cc2)cc1. The second-order valence-corrected chi connectivity index (χ2v) is 23.5. The summed E-state index contributed by atoms with van der Waals surface area (Å²) in [5.41, 5.74) is 0. The highest BCUT2D eigenvalue weighted by Crippen LogP contribution is 2.42. The van der Waals surface area contributed by atoms with Crippen molar-refractivity contribution in [2.45, 2.75) is 114 Å². The molecule has 4 fully saturated rings. The molecule has 2 aromatic carbocycles. The largest absolute Gasteiger partial charge is 0.457 e. The normalized spacial score (nSPS) is 30.8. The van der Waals surface area contributed by atoms with Crippen LogP contribution in [0, 0.1) is 11.8 Å². The number of benzene rings is 2. The minimum atomic E-state index is -1.44. The lowest BCUT2D eigenvalue weighted by Crippen LogP contribution is -2.41. The van der Waals surface area contributed by atoms with Gasteiger partial charge in [0.25, 0.3) is 0 Å². The molecule has 37 heavy (non-hydrogen) atoms. The minimum Gasteiger partial charge on any atom is -0.457 e. The highest BCUT2D eigenvalue weighted by Gasteiger charge is 2.44. The maximum absolute atomic E-state index is 6.26. The van der Waals surface area contributed by atoms with E-state index in [2.05, 4.69) is 74.7 Å². The summed E-state index contributed by atoms with van der Waals surface area (Å²) in [6, 6.07) is 20.8. The molecule has 0 spiro atoms. The Morgan fingerprint density at radius 2 is 1.00 bits per heavy atom. The van der Waals surface area contributed by atoms with Gasteiger partial charge in [-0.3, -0.25) is 0 Å². The van der Waals surface area contributed by atoms with Crippen LogP contribution >= 0.6 is 0 Å². The Balaban J connectivity index is 0.995. The number of hydrogen-bond acceptors (Lipinski definition) is 3. The summed E-state index contributed by atoms with van der Waals surface area (Å²) < 4.78 is 17.7. The smallest absolute Gasteiger partial charge is 0.127 e. The summed E-state index contributed by atoms with van der Waals surface area (Å²) in [5.74, 6) is 3.64. The van der Waals surface area contributed by atoms with Crippen molar-refractivity contribution in [1.82, 2.24) is 0 Å². The predicted molar refractivity (Wildman–Crippen MR) is 158 cm³/mol. The quantitative estimate of drug-likeness (QED) is 0.238. The van der Waals surface area contributed by atoms with Gasteiger partial charge in [-0.05, 0) is 74.6 Å². The van der Waals surface area contributed by atoms with Crippen LogP contribution in [0.2, 0.25) is 38.3 Å². The van der Waals surface area contributed by atoms with E-state index in [1.54, 1.807) is 10.4 Å². The second-order valence-electron chi connectivity index (χ2n) is 13.8. The summed E-state index contributed by atoms with van der Waals surface area (Å²) in [5, 5.41) is 3.09. The second kappa shape index (κ2) is 10.3. The van der Waals surface area contributed by atoms with Crippen molar-refractivity contribution >= 4 is 26.5 Å². The average Bonchev–Trinajstić information content (AvgIpc) is 3.81. The fraction of sp³-hybridized carbons (Fsp3) is 0.625. The Morgan fingerprint density at radius 3 is 1.38 bits per heavy atom. The third-order valence-electron chi connectivity index (χ3n) is 10.1. The maximum Gasteiger partial charge on any atom is 0.127 e. The van der Waals surface area contributed by atoms with E-state index in [1.165, 1.54) is 63.5 Å². The minimum absolute atomic E-state index is 0.602. The average molecular weight is 535 g/mol. The van der Waals surface area contributed by atoms with Crippen molar-refractivity contribution in [2.24, 2.45) is 11.8 Å². The fourth-order valence-corrected chi connectivity index (χ4v) is 12.0. The maximum atomic E-state index is 6.26. The third-order valence-corrected chi connectivity index (χ3v) is 17.0. The molecule has 2 aromatic rings. The van der Waals surface area contributed by atoms with Crippen LogP contribution < -0.4 is 15.1 Å². The van der Waals surface area contributed by atoms with Gasteiger partial charge >= 0.3 is 0 Å². The number of fused-ring (bicyclic) bond motifs is 2. The van der Waals surface area contributed by atoms with E-state index in [1.807, 2.05) is 0 Å². The molecule has 5 heteroatoms. The lowest BCUT2D eigenvalue weighted by atomic mass is 9.87. The molecule has 0 N–H and O–H groups in total. The molecular formula is C32H46O3Si2. The zero-order valence-electron chi connectivity index (χ0n) is 23.4. The van der Waals surface area contributed by atoms with Crippen LogP contribution in [0.1, 0.15) is 51.4 Å². The summed E-state index contributed by atoms with van der Waals surface area (Å²) in [7, 11) is -2.87. The van der Waals surface area contributed by atoms with Gasteiger partial charge in [-0.25, -0.2) is 0 Å². The monoisotopic (exact) mass is 534 g/mol.